The largest absolute Gasteiger partial charge is 0.346 e. The minimum absolute atomic E-state index is 0.0746. The Morgan fingerprint density at radius 1 is 1.16 bits per heavy atom. The first-order valence-corrected chi connectivity index (χ1v) is 8.93. The molecule has 1 atom stereocenters. The van der Waals surface area contributed by atoms with Gasteiger partial charge in [-0.05, 0) is 38.2 Å². The predicted molar refractivity (Wildman–Crippen MR) is 98.1 cm³/mol. The predicted octanol–water partition coefficient (Wildman–Crippen LogP) is 1.38. The van der Waals surface area contributed by atoms with Crippen molar-refractivity contribution in [3.8, 4) is 0 Å². The van der Waals surface area contributed by atoms with Crippen molar-refractivity contribution in [1.29, 1.82) is 0 Å². The van der Waals surface area contributed by atoms with Crippen molar-refractivity contribution < 1.29 is 4.79 Å². The molecule has 3 rings (SSSR count). The van der Waals surface area contributed by atoms with Crippen LogP contribution in [0.15, 0.2) is 48.8 Å². The molecule has 1 aromatic carbocycles. The fourth-order valence-corrected chi connectivity index (χ4v) is 3.22. The summed E-state index contributed by atoms with van der Waals surface area (Å²) in [5.74, 6) is 0.0746. The Hall–Kier alpha value is -2.18. The first kappa shape index (κ1) is 17.6. The number of benzene rings is 1. The lowest BCUT2D eigenvalue weighted by atomic mass is 10.1. The third-order valence-corrected chi connectivity index (χ3v) is 4.65. The van der Waals surface area contributed by atoms with Crippen molar-refractivity contribution in [2.45, 2.75) is 19.0 Å². The van der Waals surface area contributed by atoms with Gasteiger partial charge < -0.3 is 10.2 Å². The van der Waals surface area contributed by atoms with Crippen LogP contribution in [-0.4, -0.2) is 65.3 Å². The van der Waals surface area contributed by atoms with Crippen LogP contribution in [0.5, 0.6) is 0 Å². The van der Waals surface area contributed by atoms with E-state index in [1.54, 1.807) is 6.20 Å². The molecule has 0 aliphatic carbocycles. The van der Waals surface area contributed by atoms with Crippen LogP contribution < -0.4 is 5.32 Å². The number of rotatable bonds is 6. The molecule has 1 aromatic heterocycles. The van der Waals surface area contributed by atoms with Crippen LogP contribution in [0, 0.1) is 0 Å². The van der Waals surface area contributed by atoms with E-state index in [1.807, 2.05) is 35.1 Å². The first-order valence-electron chi connectivity index (χ1n) is 8.93. The van der Waals surface area contributed by atoms with E-state index in [0.29, 0.717) is 13.1 Å². The van der Waals surface area contributed by atoms with E-state index in [1.165, 1.54) is 0 Å². The summed E-state index contributed by atoms with van der Waals surface area (Å²) >= 11 is 0. The molecule has 1 aliphatic rings. The van der Waals surface area contributed by atoms with Crippen LogP contribution in [0.3, 0.4) is 0 Å². The number of aromatic nitrogens is 2. The third-order valence-electron chi connectivity index (χ3n) is 4.65. The number of carbonyl (C=O) groups is 1. The molecule has 6 heteroatoms. The van der Waals surface area contributed by atoms with Gasteiger partial charge in [-0.15, -0.1) is 0 Å². The lowest BCUT2D eigenvalue weighted by molar-refractivity contribution is -0.123. The topological polar surface area (TPSA) is 53.4 Å². The Morgan fingerprint density at radius 3 is 2.76 bits per heavy atom. The summed E-state index contributed by atoms with van der Waals surface area (Å²) in [5.41, 5.74) is 1.10. The van der Waals surface area contributed by atoms with Gasteiger partial charge in [-0.25, -0.2) is 0 Å². The van der Waals surface area contributed by atoms with Gasteiger partial charge in [0.05, 0.1) is 19.1 Å². The normalized spacial score (nSPS) is 17.8. The molecule has 1 fully saturated rings. The molecule has 2 heterocycles. The summed E-state index contributed by atoms with van der Waals surface area (Å²) < 4.78 is 1.86. The summed E-state index contributed by atoms with van der Waals surface area (Å²) in [6, 6.07) is 11.9. The molecule has 1 amide bonds. The quantitative estimate of drug-likeness (QED) is 0.862. The molecule has 0 radical (unpaired) electrons. The number of amides is 1. The average Bonchev–Trinajstić information content (AvgIpc) is 3.04. The minimum atomic E-state index is -0.0803. The molecule has 0 unspecified atom stereocenters. The van der Waals surface area contributed by atoms with Crippen LogP contribution >= 0.6 is 0 Å². The van der Waals surface area contributed by atoms with Gasteiger partial charge in [0.25, 0.3) is 0 Å². The number of nitrogens with one attached hydrogen (secondary N) is 1. The van der Waals surface area contributed by atoms with Gasteiger partial charge in [0.15, 0.2) is 0 Å². The Bertz CT molecular complexity index is 643. The van der Waals surface area contributed by atoms with E-state index in [9.17, 15) is 4.79 Å². The monoisotopic (exact) mass is 341 g/mol. The molecule has 1 aliphatic heterocycles. The highest BCUT2D eigenvalue weighted by Gasteiger charge is 2.19. The van der Waals surface area contributed by atoms with Crippen molar-refractivity contribution in [2.24, 2.45) is 0 Å². The highest BCUT2D eigenvalue weighted by Crippen LogP contribution is 2.15. The van der Waals surface area contributed by atoms with E-state index in [0.717, 1.165) is 38.2 Å². The van der Waals surface area contributed by atoms with E-state index in [-0.39, 0.29) is 11.9 Å². The number of hydrogen-bond donors (Lipinski definition) is 1. The summed E-state index contributed by atoms with van der Waals surface area (Å²) in [5, 5.41) is 7.47. The fraction of sp³-hybridized carbons (Fsp3) is 0.474. The molecular formula is C19H27N5O. The second kappa shape index (κ2) is 8.78. The third kappa shape index (κ3) is 5.41. The zero-order valence-corrected chi connectivity index (χ0v) is 14.8. The van der Waals surface area contributed by atoms with Crippen LogP contribution in [0.2, 0.25) is 0 Å². The Labute approximate surface area is 149 Å². The van der Waals surface area contributed by atoms with Gasteiger partial charge in [-0.1, -0.05) is 30.3 Å². The van der Waals surface area contributed by atoms with Gasteiger partial charge in [0, 0.05) is 25.5 Å². The Kier molecular flexibility index (Phi) is 6.19. The lowest BCUT2D eigenvalue weighted by Crippen LogP contribution is -2.41. The summed E-state index contributed by atoms with van der Waals surface area (Å²) in [4.78, 5) is 17.2. The van der Waals surface area contributed by atoms with Gasteiger partial charge in [0.1, 0.15) is 0 Å². The smallest absolute Gasteiger partial charge is 0.234 e. The molecule has 0 bridgehead atoms. The maximum Gasteiger partial charge on any atom is 0.234 e. The van der Waals surface area contributed by atoms with Crippen LogP contribution in [-0.2, 0) is 11.3 Å². The van der Waals surface area contributed by atoms with E-state index in [2.05, 4.69) is 39.4 Å². The van der Waals surface area contributed by atoms with E-state index < -0.39 is 0 Å². The Balaban J connectivity index is 1.62. The standard InChI is InChI=1S/C19H27N5O/c1-22-10-6-11-23(14-13-22)16-19(25)21-18(15-24-12-5-9-20-24)17-7-3-2-4-8-17/h2-5,7-9,12,18H,6,10-11,13-16H2,1H3,(H,21,25)/t18-/m1/s1. The molecule has 2 aromatic rings. The zero-order chi connectivity index (χ0) is 17.5. The van der Waals surface area contributed by atoms with Crippen molar-refractivity contribution in [2.75, 3.05) is 39.8 Å². The van der Waals surface area contributed by atoms with E-state index in [4.69, 9.17) is 0 Å². The SMILES string of the molecule is CN1CCCN(CC(=O)N[C@H](Cn2cccn2)c2ccccc2)CC1. The zero-order valence-electron chi connectivity index (χ0n) is 14.8. The van der Waals surface area contributed by atoms with Crippen LogP contribution in [0.1, 0.15) is 18.0 Å². The molecule has 1 N–H and O–H groups in total. The van der Waals surface area contributed by atoms with Crippen molar-refractivity contribution in [3.63, 3.8) is 0 Å². The minimum Gasteiger partial charge on any atom is -0.346 e. The van der Waals surface area contributed by atoms with Crippen molar-refractivity contribution in [1.82, 2.24) is 24.9 Å². The van der Waals surface area contributed by atoms with Gasteiger partial charge in [-0.3, -0.25) is 14.4 Å². The highest BCUT2D eigenvalue weighted by atomic mass is 16.2. The second-order valence-electron chi connectivity index (χ2n) is 6.69. The molecular weight excluding hydrogens is 314 g/mol. The number of hydrogen-bond acceptors (Lipinski definition) is 4. The van der Waals surface area contributed by atoms with Crippen LogP contribution in [0.4, 0.5) is 0 Å². The summed E-state index contributed by atoms with van der Waals surface area (Å²) in [6.07, 6.45) is 4.80. The lowest BCUT2D eigenvalue weighted by Gasteiger charge is -2.23. The van der Waals surface area contributed by atoms with Crippen LogP contribution in [0.25, 0.3) is 0 Å². The molecule has 0 spiro atoms. The number of likely N-dealkylation sites (N-methyl/N-ethyl adjacent to an activating group) is 1. The van der Waals surface area contributed by atoms with Gasteiger partial charge >= 0.3 is 0 Å². The van der Waals surface area contributed by atoms with Gasteiger partial charge in [0.2, 0.25) is 5.91 Å². The highest BCUT2D eigenvalue weighted by molar-refractivity contribution is 5.78. The number of nitrogens with zero attached hydrogens (tertiary/aromatic N) is 4. The maximum atomic E-state index is 12.6. The fourth-order valence-electron chi connectivity index (χ4n) is 3.22. The number of carbonyl (C=O) groups excluding carboxylic acids is 1. The summed E-state index contributed by atoms with van der Waals surface area (Å²) in [7, 11) is 2.14. The molecule has 6 nitrogen and oxygen atoms in total. The maximum absolute atomic E-state index is 12.6. The first-order chi connectivity index (χ1) is 12.2. The average molecular weight is 341 g/mol. The van der Waals surface area contributed by atoms with Crippen molar-refractivity contribution in [3.05, 3.63) is 54.4 Å². The second-order valence-corrected chi connectivity index (χ2v) is 6.69. The molecule has 25 heavy (non-hydrogen) atoms. The van der Waals surface area contributed by atoms with E-state index >= 15 is 0 Å². The molecule has 0 saturated carbocycles. The summed E-state index contributed by atoms with van der Waals surface area (Å²) in [6.45, 7) is 5.13. The Morgan fingerprint density at radius 2 is 2.00 bits per heavy atom. The molecule has 1 saturated heterocycles. The van der Waals surface area contributed by atoms with Gasteiger partial charge in [-0.2, -0.15) is 5.10 Å². The van der Waals surface area contributed by atoms with Crippen molar-refractivity contribution >= 4 is 5.91 Å². The molecule has 134 valence electrons.